The molecule has 18 heavy (non-hydrogen) atoms. The number of thioether (sulfide) groups is 1. The van der Waals surface area contributed by atoms with Crippen molar-refractivity contribution in [2.45, 2.75) is 30.1 Å². The zero-order valence-corrected chi connectivity index (χ0v) is 11.1. The van der Waals surface area contributed by atoms with E-state index in [1.165, 1.54) is 0 Å². The van der Waals surface area contributed by atoms with Gasteiger partial charge in [-0.05, 0) is 13.3 Å². The number of amides is 1. The van der Waals surface area contributed by atoms with Gasteiger partial charge in [-0.2, -0.15) is 0 Å². The summed E-state index contributed by atoms with van der Waals surface area (Å²) >= 11 is 1.68. The highest BCUT2D eigenvalue weighted by molar-refractivity contribution is 8.00. The second kappa shape index (κ2) is 5.46. The number of β-lactam (4-membered cyclic amide) rings is 1. The maximum absolute atomic E-state index is 11.7. The number of esters is 1. The summed E-state index contributed by atoms with van der Waals surface area (Å²) in [6.07, 6.45) is 0.114. The minimum atomic E-state index is -0.597. The lowest BCUT2D eigenvalue weighted by Crippen LogP contribution is -2.60. The van der Waals surface area contributed by atoms with Crippen molar-refractivity contribution in [1.82, 2.24) is 4.90 Å². The Balaban J connectivity index is 1.76. The van der Waals surface area contributed by atoms with E-state index < -0.39 is 12.1 Å². The summed E-state index contributed by atoms with van der Waals surface area (Å²) in [5.74, 6) is -0.644. The van der Waals surface area contributed by atoms with Gasteiger partial charge in [-0.25, -0.2) is 0 Å². The Bertz CT molecular complexity index is 350. The number of nitrogens with zero attached hydrogens (tertiary/aromatic N) is 1. The lowest BCUT2D eigenvalue weighted by atomic mass is 9.93. The number of carbonyl (C=O) groups is 2. The van der Waals surface area contributed by atoms with Crippen LogP contribution < -0.4 is 5.73 Å². The Morgan fingerprint density at radius 3 is 3.06 bits per heavy atom. The molecule has 0 saturated carbocycles. The first kappa shape index (κ1) is 13.6. The van der Waals surface area contributed by atoms with Crippen LogP contribution in [0, 0.1) is 5.92 Å². The number of carbonyl (C=O) groups excluding carboxylic acids is 2. The first-order chi connectivity index (χ1) is 8.54. The normalized spacial score (nSPS) is 31.8. The van der Waals surface area contributed by atoms with E-state index in [0.29, 0.717) is 19.6 Å². The van der Waals surface area contributed by atoms with Gasteiger partial charge in [0.25, 0.3) is 0 Å². The van der Waals surface area contributed by atoms with Crippen LogP contribution in [-0.4, -0.2) is 58.3 Å². The lowest BCUT2D eigenvalue weighted by Gasteiger charge is -2.43. The van der Waals surface area contributed by atoms with Gasteiger partial charge in [-0.1, -0.05) is 0 Å². The number of hydrogen-bond donors (Lipinski definition) is 2. The van der Waals surface area contributed by atoms with Gasteiger partial charge >= 0.3 is 5.97 Å². The third-order valence-electron chi connectivity index (χ3n) is 3.30. The molecule has 2 aliphatic heterocycles. The van der Waals surface area contributed by atoms with Crippen LogP contribution in [0.4, 0.5) is 0 Å². The smallest absolute Gasteiger partial charge is 0.319 e. The molecule has 0 aliphatic carbocycles. The summed E-state index contributed by atoms with van der Waals surface area (Å²) in [5, 5.41) is 9.87. The number of aliphatic hydroxyl groups is 1. The van der Waals surface area contributed by atoms with Crippen molar-refractivity contribution >= 4 is 23.6 Å². The molecule has 2 fully saturated rings. The molecule has 0 aromatic heterocycles. The summed E-state index contributed by atoms with van der Waals surface area (Å²) in [7, 11) is 0. The van der Waals surface area contributed by atoms with Crippen molar-refractivity contribution in [3.05, 3.63) is 0 Å². The molecule has 2 heterocycles. The van der Waals surface area contributed by atoms with E-state index >= 15 is 0 Å². The van der Waals surface area contributed by atoms with Crippen molar-refractivity contribution < 1.29 is 19.4 Å². The standard InChI is InChI=1S/C11H18N2O4S/c1-6(14)9-10(16)13-5-7(18-11(9)13)2-3-17-8(15)4-12/h6-7,9,11,14H,2-5,12H2,1H3/t6-,7?,9+,11-/m1/s1. The maximum atomic E-state index is 11.7. The fraction of sp³-hybridized carbons (Fsp3) is 0.818. The Labute approximate surface area is 110 Å². The highest BCUT2D eigenvalue weighted by Gasteiger charge is 2.54. The average Bonchev–Trinajstić information content (AvgIpc) is 2.67. The highest BCUT2D eigenvalue weighted by atomic mass is 32.2. The third-order valence-corrected chi connectivity index (χ3v) is 4.90. The molecule has 3 N–H and O–H groups in total. The van der Waals surface area contributed by atoms with Crippen LogP contribution in [0.3, 0.4) is 0 Å². The minimum absolute atomic E-state index is 0.0314. The van der Waals surface area contributed by atoms with Crippen LogP contribution in [0.25, 0.3) is 0 Å². The molecule has 0 radical (unpaired) electrons. The van der Waals surface area contributed by atoms with E-state index in [0.717, 1.165) is 0 Å². The molecular formula is C11H18N2O4S. The molecule has 0 aromatic rings. The maximum Gasteiger partial charge on any atom is 0.319 e. The second-order valence-corrected chi connectivity index (χ2v) is 6.04. The van der Waals surface area contributed by atoms with Gasteiger partial charge in [-0.3, -0.25) is 9.59 Å². The Morgan fingerprint density at radius 1 is 1.72 bits per heavy atom. The molecule has 0 aromatic carbocycles. The molecule has 0 bridgehead atoms. The first-order valence-electron chi connectivity index (χ1n) is 6.04. The number of fused-ring (bicyclic) bond motifs is 1. The van der Waals surface area contributed by atoms with Crippen LogP contribution in [-0.2, 0) is 14.3 Å². The molecule has 2 rings (SSSR count). The summed E-state index contributed by atoms with van der Waals surface area (Å²) in [6.45, 7) is 2.56. The predicted molar refractivity (Wildman–Crippen MR) is 66.7 cm³/mol. The van der Waals surface area contributed by atoms with E-state index in [4.69, 9.17) is 10.5 Å². The zero-order valence-electron chi connectivity index (χ0n) is 10.2. The van der Waals surface area contributed by atoms with Crippen molar-refractivity contribution in [3.63, 3.8) is 0 Å². The van der Waals surface area contributed by atoms with Gasteiger partial charge in [0.05, 0.1) is 30.5 Å². The van der Waals surface area contributed by atoms with Gasteiger partial charge in [0.15, 0.2) is 0 Å². The highest BCUT2D eigenvalue weighted by Crippen LogP contribution is 2.45. The largest absolute Gasteiger partial charge is 0.465 e. The SMILES string of the molecule is C[C@@H](O)[C@H]1C(=O)N2CC(CCOC(=O)CN)S[C@H]12. The summed E-state index contributed by atoms with van der Waals surface area (Å²) in [4.78, 5) is 24.4. The van der Waals surface area contributed by atoms with Crippen LogP contribution in [0.5, 0.6) is 0 Å². The second-order valence-electron chi connectivity index (χ2n) is 4.62. The minimum Gasteiger partial charge on any atom is -0.465 e. The molecule has 2 aliphatic rings. The molecule has 0 spiro atoms. The summed E-state index contributed by atoms with van der Waals surface area (Å²) in [6, 6.07) is 0. The summed E-state index contributed by atoms with van der Waals surface area (Å²) < 4.78 is 4.92. The van der Waals surface area contributed by atoms with Crippen molar-refractivity contribution in [1.29, 1.82) is 0 Å². The molecule has 1 amide bonds. The number of rotatable bonds is 5. The Morgan fingerprint density at radius 2 is 2.44 bits per heavy atom. The molecule has 1 unspecified atom stereocenters. The number of aliphatic hydroxyl groups excluding tert-OH is 1. The quantitative estimate of drug-likeness (QED) is 0.501. The first-order valence-corrected chi connectivity index (χ1v) is 6.98. The van der Waals surface area contributed by atoms with E-state index in [9.17, 15) is 14.7 Å². The summed E-state index contributed by atoms with van der Waals surface area (Å²) in [5.41, 5.74) is 5.13. The van der Waals surface area contributed by atoms with E-state index in [1.807, 2.05) is 0 Å². The monoisotopic (exact) mass is 274 g/mol. The van der Waals surface area contributed by atoms with Crippen molar-refractivity contribution in [2.75, 3.05) is 19.7 Å². The van der Waals surface area contributed by atoms with E-state index in [1.54, 1.807) is 23.6 Å². The third kappa shape index (κ3) is 2.48. The van der Waals surface area contributed by atoms with Gasteiger partial charge in [0.1, 0.15) is 0 Å². The fourth-order valence-corrected chi connectivity index (χ4v) is 4.05. The van der Waals surface area contributed by atoms with Crippen LogP contribution in [0.15, 0.2) is 0 Å². The Hall–Kier alpha value is -0.790. The molecular weight excluding hydrogens is 256 g/mol. The van der Waals surface area contributed by atoms with Crippen molar-refractivity contribution in [2.24, 2.45) is 11.7 Å². The lowest BCUT2D eigenvalue weighted by molar-refractivity contribution is -0.155. The number of nitrogens with two attached hydrogens (primary N) is 1. The average molecular weight is 274 g/mol. The number of hydrogen-bond acceptors (Lipinski definition) is 6. The zero-order chi connectivity index (χ0) is 13.3. The van der Waals surface area contributed by atoms with Crippen molar-refractivity contribution in [3.8, 4) is 0 Å². The van der Waals surface area contributed by atoms with Crippen LogP contribution >= 0.6 is 11.8 Å². The molecule has 102 valence electrons. The van der Waals surface area contributed by atoms with Crippen LogP contribution in [0.2, 0.25) is 0 Å². The molecule has 7 heteroatoms. The Kier molecular flexibility index (Phi) is 4.14. The number of ether oxygens (including phenoxy) is 1. The molecule has 4 atom stereocenters. The van der Waals surface area contributed by atoms with E-state index in [2.05, 4.69) is 0 Å². The van der Waals surface area contributed by atoms with Gasteiger partial charge < -0.3 is 20.5 Å². The van der Waals surface area contributed by atoms with E-state index in [-0.39, 0.29) is 29.0 Å². The van der Waals surface area contributed by atoms with Gasteiger partial charge in [-0.15, -0.1) is 11.8 Å². The van der Waals surface area contributed by atoms with Crippen LogP contribution in [0.1, 0.15) is 13.3 Å². The topological polar surface area (TPSA) is 92.9 Å². The molecule has 6 nitrogen and oxygen atoms in total. The predicted octanol–water partition coefficient (Wildman–Crippen LogP) is -0.841. The van der Waals surface area contributed by atoms with Gasteiger partial charge in [0.2, 0.25) is 5.91 Å². The molecule has 2 saturated heterocycles. The van der Waals surface area contributed by atoms with Gasteiger partial charge in [0, 0.05) is 11.8 Å². The fourth-order valence-electron chi connectivity index (χ4n) is 2.33.